The number of nitrogens with one attached hydrogen (secondary N) is 1. The van der Waals surface area contributed by atoms with Gasteiger partial charge >= 0.3 is 0 Å². The van der Waals surface area contributed by atoms with Crippen LogP contribution in [-0.2, 0) is 0 Å². The highest BCUT2D eigenvalue weighted by molar-refractivity contribution is 5.21. The molecule has 62 valence electrons. The lowest BCUT2D eigenvalue weighted by Crippen LogP contribution is -1.95. The highest BCUT2D eigenvalue weighted by Gasteiger charge is 2.37. The molecule has 1 fully saturated rings. The van der Waals surface area contributed by atoms with Crippen molar-refractivity contribution in [1.29, 1.82) is 0 Å². The highest BCUT2D eigenvalue weighted by atomic mass is 15.1. The van der Waals surface area contributed by atoms with Crippen molar-refractivity contribution < 1.29 is 0 Å². The van der Waals surface area contributed by atoms with E-state index >= 15 is 0 Å². The molecule has 0 aromatic rings. The third-order valence-corrected chi connectivity index (χ3v) is 3.13. The molecule has 0 radical (unpaired) electrons. The van der Waals surface area contributed by atoms with Crippen LogP contribution in [-0.4, -0.2) is 12.1 Å². The molecule has 1 heteroatoms. The Balaban J connectivity index is 2.10. The lowest BCUT2D eigenvalue weighted by molar-refractivity contribution is 0.789. The quantitative estimate of drug-likeness (QED) is 0.450. The van der Waals surface area contributed by atoms with E-state index in [4.69, 9.17) is 0 Å². The summed E-state index contributed by atoms with van der Waals surface area (Å²) in [7, 11) is 0. The largest absolute Gasteiger partial charge is 0.308 e. The van der Waals surface area contributed by atoms with Crippen LogP contribution in [0.3, 0.4) is 0 Å². The van der Waals surface area contributed by atoms with Crippen molar-refractivity contribution in [3.8, 4) is 0 Å². The van der Waals surface area contributed by atoms with Gasteiger partial charge in [0, 0.05) is 12.1 Å². The third-order valence-electron chi connectivity index (χ3n) is 3.13. The van der Waals surface area contributed by atoms with E-state index in [1.54, 1.807) is 11.1 Å². The van der Waals surface area contributed by atoms with Gasteiger partial charge in [-0.3, -0.25) is 0 Å². The molecule has 1 N–H and O–H groups in total. The molecule has 11 heavy (non-hydrogen) atoms. The normalized spacial score (nSPS) is 36.5. The predicted molar refractivity (Wildman–Crippen MR) is 47.6 cm³/mol. The Morgan fingerprint density at radius 3 is 3.00 bits per heavy atom. The summed E-state index contributed by atoms with van der Waals surface area (Å²) in [5.74, 6) is 0. The second kappa shape index (κ2) is 2.63. The number of hydrogen-bond donors (Lipinski definition) is 1. The van der Waals surface area contributed by atoms with Crippen LogP contribution in [0.15, 0.2) is 11.1 Å². The van der Waals surface area contributed by atoms with Gasteiger partial charge in [0.25, 0.3) is 0 Å². The Morgan fingerprint density at radius 2 is 2.27 bits per heavy atom. The molecule has 0 saturated carbocycles. The van der Waals surface area contributed by atoms with E-state index in [0.717, 1.165) is 12.1 Å². The SMILES string of the molecule is CCC1=C(C)CCC2NC2C1. The van der Waals surface area contributed by atoms with Gasteiger partial charge in [-0.2, -0.15) is 0 Å². The Labute approximate surface area is 68.9 Å². The zero-order valence-corrected chi connectivity index (χ0v) is 7.48. The molecule has 0 amide bonds. The van der Waals surface area contributed by atoms with Crippen LogP contribution >= 0.6 is 0 Å². The van der Waals surface area contributed by atoms with Crippen molar-refractivity contribution >= 4 is 0 Å². The second-order valence-corrected chi connectivity index (χ2v) is 3.86. The molecule has 2 atom stereocenters. The monoisotopic (exact) mass is 151 g/mol. The maximum atomic E-state index is 3.52. The summed E-state index contributed by atoms with van der Waals surface area (Å²) in [5.41, 5.74) is 3.38. The van der Waals surface area contributed by atoms with Gasteiger partial charge in [0.1, 0.15) is 0 Å². The van der Waals surface area contributed by atoms with E-state index < -0.39 is 0 Å². The predicted octanol–water partition coefficient (Wildman–Crippen LogP) is 2.24. The molecule has 2 unspecified atom stereocenters. The second-order valence-electron chi connectivity index (χ2n) is 3.86. The summed E-state index contributed by atoms with van der Waals surface area (Å²) in [5, 5.41) is 3.52. The Morgan fingerprint density at radius 1 is 1.45 bits per heavy atom. The van der Waals surface area contributed by atoms with Gasteiger partial charge in [0.2, 0.25) is 0 Å². The Bertz CT molecular complexity index is 193. The van der Waals surface area contributed by atoms with Crippen molar-refractivity contribution in [2.45, 2.75) is 51.6 Å². The van der Waals surface area contributed by atoms with E-state index in [9.17, 15) is 0 Å². The minimum absolute atomic E-state index is 0.849. The summed E-state index contributed by atoms with van der Waals surface area (Å²) in [6.07, 6.45) is 5.29. The van der Waals surface area contributed by atoms with Crippen molar-refractivity contribution in [2.75, 3.05) is 0 Å². The standard InChI is InChI=1S/C10H17N/c1-3-8-6-10-9(11-10)5-4-7(8)2/h9-11H,3-6H2,1-2H3. The summed E-state index contributed by atoms with van der Waals surface area (Å²) in [6.45, 7) is 4.59. The number of hydrogen-bond acceptors (Lipinski definition) is 1. The van der Waals surface area contributed by atoms with Crippen LogP contribution in [0, 0.1) is 0 Å². The molecule has 0 bridgehead atoms. The summed E-state index contributed by atoms with van der Waals surface area (Å²) in [6, 6.07) is 1.72. The molecular weight excluding hydrogens is 134 g/mol. The van der Waals surface area contributed by atoms with Crippen molar-refractivity contribution in [3.05, 3.63) is 11.1 Å². The molecule has 0 aromatic carbocycles. The van der Waals surface area contributed by atoms with Crippen LogP contribution in [0.5, 0.6) is 0 Å². The fourth-order valence-corrected chi connectivity index (χ4v) is 2.14. The van der Waals surface area contributed by atoms with Crippen LogP contribution in [0.4, 0.5) is 0 Å². The summed E-state index contributed by atoms with van der Waals surface area (Å²) >= 11 is 0. The topological polar surface area (TPSA) is 21.9 Å². The fraction of sp³-hybridized carbons (Fsp3) is 0.800. The molecule has 1 aliphatic heterocycles. The minimum Gasteiger partial charge on any atom is -0.308 e. The van der Waals surface area contributed by atoms with Gasteiger partial charge in [-0.1, -0.05) is 18.1 Å². The summed E-state index contributed by atoms with van der Waals surface area (Å²) < 4.78 is 0. The Hall–Kier alpha value is -0.300. The number of fused-ring (bicyclic) bond motifs is 1. The van der Waals surface area contributed by atoms with E-state index in [2.05, 4.69) is 19.2 Å². The minimum atomic E-state index is 0.849. The molecular formula is C10H17N. The van der Waals surface area contributed by atoms with Crippen molar-refractivity contribution in [1.82, 2.24) is 5.32 Å². The first-order valence-electron chi connectivity index (χ1n) is 4.74. The average Bonchev–Trinajstić information content (AvgIpc) is 2.73. The average molecular weight is 151 g/mol. The zero-order chi connectivity index (χ0) is 7.84. The van der Waals surface area contributed by atoms with Crippen molar-refractivity contribution in [3.63, 3.8) is 0 Å². The number of allylic oxidation sites excluding steroid dienone is 1. The fourth-order valence-electron chi connectivity index (χ4n) is 2.14. The van der Waals surface area contributed by atoms with Gasteiger partial charge < -0.3 is 5.32 Å². The lowest BCUT2D eigenvalue weighted by atomic mass is 10.0. The van der Waals surface area contributed by atoms with E-state index in [1.807, 2.05) is 0 Å². The van der Waals surface area contributed by atoms with Crippen LogP contribution in [0.25, 0.3) is 0 Å². The highest BCUT2D eigenvalue weighted by Crippen LogP contribution is 2.32. The van der Waals surface area contributed by atoms with E-state index in [0.29, 0.717) is 0 Å². The maximum absolute atomic E-state index is 3.52. The molecule has 0 spiro atoms. The Kier molecular flexibility index (Phi) is 1.76. The van der Waals surface area contributed by atoms with Gasteiger partial charge in [-0.05, 0) is 32.6 Å². The first kappa shape index (κ1) is 7.35. The molecule has 1 heterocycles. The summed E-state index contributed by atoms with van der Waals surface area (Å²) in [4.78, 5) is 0. The zero-order valence-electron chi connectivity index (χ0n) is 7.48. The van der Waals surface area contributed by atoms with Crippen LogP contribution in [0.2, 0.25) is 0 Å². The first-order chi connectivity index (χ1) is 5.31. The van der Waals surface area contributed by atoms with Crippen molar-refractivity contribution in [2.24, 2.45) is 0 Å². The molecule has 1 nitrogen and oxygen atoms in total. The van der Waals surface area contributed by atoms with Gasteiger partial charge in [0.05, 0.1) is 0 Å². The van der Waals surface area contributed by atoms with E-state index in [1.165, 1.54) is 25.7 Å². The van der Waals surface area contributed by atoms with Gasteiger partial charge in [-0.15, -0.1) is 0 Å². The lowest BCUT2D eigenvalue weighted by Gasteiger charge is -2.06. The first-order valence-corrected chi connectivity index (χ1v) is 4.74. The molecule has 0 aromatic heterocycles. The van der Waals surface area contributed by atoms with Gasteiger partial charge in [-0.25, -0.2) is 0 Å². The van der Waals surface area contributed by atoms with Gasteiger partial charge in [0.15, 0.2) is 0 Å². The van der Waals surface area contributed by atoms with E-state index in [-0.39, 0.29) is 0 Å². The third kappa shape index (κ3) is 1.34. The molecule has 1 aliphatic carbocycles. The molecule has 2 aliphatic rings. The van der Waals surface area contributed by atoms with Crippen LogP contribution < -0.4 is 5.32 Å². The smallest absolute Gasteiger partial charge is 0.0261 e. The maximum Gasteiger partial charge on any atom is 0.0261 e. The molecule has 2 rings (SSSR count). The molecule has 1 saturated heterocycles. The number of rotatable bonds is 1. The van der Waals surface area contributed by atoms with Crippen LogP contribution in [0.1, 0.15) is 39.5 Å².